The van der Waals surface area contributed by atoms with Crippen LogP contribution in [0.2, 0.25) is 0 Å². The number of rotatable bonds is 8. The Morgan fingerprint density at radius 1 is 1.24 bits per heavy atom. The standard InChI is InChI=1S/C17H19BrN2O4S/c1-19(2)11-12-9-14(24-8-7-21)4-6-16(12)25-17-5-3-13(18)10-15(17)20(22)23/h3-6,9-10,21H,7-8,11H2,1-2H3. The van der Waals surface area contributed by atoms with Gasteiger partial charge in [0.1, 0.15) is 12.4 Å². The average Bonchev–Trinajstić information content (AvgIpc) is 2.55. The van der Waals surface area contributed by atoms with E-state index in [-0.39, 0.29) is 23.8 Å². The number of aliphatic hydroxyl groups is 1. The molecule has 0 unspecified atom stereocenters. The molecule has 0 amide bonds. The maximum Gasteiger partial charge on any atom is 0.284 e. The lowest BCUT2D eigenvalue weighted by Gasteiger charge is -2.16. The third-order valence-corrected chi connectivity index (χ3v) is 4.89. The number of hydrogen-bond acceptors (Lipinski definition) is 6. The van der Waals surface area contributed by atoms with E-state index >= 15 is 0 Å². The Kier molecular flexibility index (Phi) is 7.24. The molecule has 0 heterocycles. The average molecular weight is 427 g/mol. The molecule has 25 heavy (non-hydrogen) atoms. The maximum absolute atomic E-state index is 11.3. The smallest absolute Gasteiger partial charge is 0.284 e. The molecule has 0 saturated carbocycles. The second-order valence-electron chi connectivity index (χ2n) is 5.55. The van der Waals surface area contributed by atoms with Crippen LogP contribution in [0.5, 0.6) is 5.75 Å². The third kappa shape index (κ3) is 5.71. The quantitative estimate of drug-likeness (QED) is 0.508. The molecule has 0 fully saturated rings. The Bertz CT molecular complexity index is 755. The van der Waals surface area contributed by atoms with Crippen LogP contribution in [0.3, 0.4) is 0 Å². The molecule has 6 nitrogen and oxygen atoms in total. The summed E-state index contributed by atoms with van der Waals surface area (Å²) in [6.07, 6.45) is 0. The van der Waals surface area contributed by atoms with Gasteiger partial charge in [0.15, 0.2) is 0 Å². The molecule has 2 rings (SSSR count). The van der Waals surface area contributed by atoms with Crippen molar-refractivity contribution in [2.75, 3.05) is 27.3 Å². The molecule has 0 saturated heterocycles. The molecule has 0 spiro atoms. The molecule has 2 aromatic carbocycles. The first-order chi connectivity index (χ1) is 11.9. The van der Waals surface area contributed by atoms with Crippen LogP contribution in [0.4, 0.5) is 5.69 Å². The molecule has 0 bridgehead atoms. The summed E-state index contributed by atoms with van der Waals surface area (Å²) in [7, 11) is 3.91. The number of benzene rings is 2. The summed E-state index contributed by atoms with van der Waals surface area (Å²) in [6.45, 7) is 0.847. The van der Waals surface area contributed by atoms with Gasteiger partial charge in [-0.05, 0) is 50.0 Å². The summed E-state index contributed by atoms with van der Waals surface area (Å²) in [5.41, 5.74) is 1.07. The van der Waals surface area contributed by atoms with Crippen molar-refractivity contribution in [3.63, 3.8) is 0 Å². The largest absolute Gasteiger partial charge is 0.491 e. The topological polar surface area (TPSA) is 75.8 Å². The minimum atomic E-state index is -0.378. The zero-order valence-corrected chi connectivity index (χ0v) is 16.3. The summed E-state index contributed by atoms with van der Waals surface area (Å²) in [5, 5.41) is 20.2. The van der Waals surface area contributed by atoms with Crippen LogP contribution in [-0.4, -0.2) is 42.2 Å². The number of nitro groups is 1. The number of aliphatic hydroxyl groups excluding tert-OH is 1. The normalized spacial score (nSPS) is 10.9. The van der Waals surface area contributed by atoms with Crippen LogP contribution < -0.4 is 4.74 Å². The van der Waals surface area contributed by atoms with E-state index in [9.17, 15) is 10.1 Å². The highest BCUT2D eigenvalue weighted by Gasteiger charge is 2.17. The van der Waals surface area contributed by atoms with Crippen molar-refractivity contribution in [2.24, 2.45) is 0 Å². The first-order valence-corrected chi connectivity index (χ1v) is 9.14. The number of hydrogen-bond donors (Lipinski definition) is 1. The first kappa shape index (κ1) is 19.7. The van der Waals surface area contributed by atoms with Crippen molar-refractivity contribution in [1.29, 1.82) is 0 Å². The Balaban J connectivity index is 2.36. The van der Waals surface area contributed by atoms with Crippen LogP contribution in [0.15, 0.2) is 50.7 Å². The summed E-state index contributed by atoms with van der Waals surface area (Å²) < 4.78 is 6.14. The second kappa shape index (κ2) is 9.19. The molecule has 0 radical (unpaired) electrons. The molecule has 0 aliphatic heterocycles. The molecule has 8 heteroatoms. The van der Waals surface area contributed by atoms with Crippen molar-refractivity contribution in [3.05, 3.63) is 56.5 Å². The van der Waals surface area contributed by atoms with Crippen LogP contribution in [0.25, 0.3) is 0 Å². The molecule has 1 N–H and O–H groups in total. The van der Waals surface area contributed by atoms with Crippen LogP contribution in [0.1, 0.15) is 5.56 Å². The van der Waals surface area contributed by atoms with Gasteiger partial charge >= 0.3 is 0 Å². The monoisotopic (exact) mass is 426 g/mol. The van der Waals surface area contributed by atoms with Gasteiger partial charge in [0.05, 0.1) is 16.4 Å². The van der Waals surface area contributed by atoms with Gasteiger partial charge in [-0.15, -0.1) is 0 Å². The van der Waals surface area contributed by atoms with Crippen LogP contribution >= 0.6 is 27.7 Å². The van der Waals surface area contributed by atoms with Crippen molar-refractivity contribution in [1.82, 2.24) is 4.90 Å². The van der Waals surface area contributed by atoms with E-state index in [0.717, 1.165) is 10.5 Å². The first-order valence-electron chi connectivity index (χ1n) is 7.54. The van der Waals surface area contributed by atoms with Gasteiger partial charge < -0.3 is 14.7 Å². The third-order valence-electron chi connectivity index (χ3n) is 3.22. The zero-order chi connectivity index (χ0) is 18.4. The van der Waals surface area contributed by atoms with Gasteiger partial charge in [-0.25, -0.2) is 0 Å². The molecule has 2 aromatic rings. The zero-order valence-electron chi connectivity index (χ0n) is 13.9. The predicted octanol–water partition coefficient (Wildman–Crippen LogP) is 3.94. The Morgan fingerprint density at radius 2 is 1.96 bits per heavy atom. The fraction of sp³-hybridized carbons (Fsp3) is 0.294. The van der Waals surface area contributed by atoms with Gasteiger partial charge in [-0.1, -0.05) is 27.7 Å². The summed E-state index contributed by atoms with van der Waals surface area (Å²) in [5.74, 6) is 0.667. The lowest BCUT2D eigenvalue weighted by Crippen LogP contribution is -2.12. The van der Waals surface area contributed by atoms with E-state index in [4.69, 9.17) is 9.84 Å². The van der Waals surface area contributed by atoms with E-state index in [1.165, 1.54) is 17.8 Å². The van der Waals surface area contributed by atoms with Gasteiger partial charge in [0.25, 0.3) is 5.69 Å². The SMILES string of the molecule is CN(C)Cc1cc(OCCO)ccc1Sc1ccc(Br)cc1[N+](=O)[O-]. The highest BCUT2D eigenvalue weighted by Crippen LogP contribution is 2.39. The minimum absolute atomic E-state index is 0.0510. The minimum Gasteiger partial charge on any atom is -0.491 e. The van der Waals surface area contributed by atoms with E-state index in [1.807, 2.05) is 37.2 Å². The fourth-order valence-electron chi connectivity index (χ4n) is 2.21. The molecule has 134 valence electrons. The lowest BCUT2D eigenvalue weighted by molar-refractivity contribution is -0.387. The number of halogens is 1. The van der Waals surface area contributed by atoms with Crippen LogP contribution in [-0.2, 0) is 6.54 Å². The van der Waals surface area contributed by atoms with Gasteiger partial charge in [-0.2, -0.15) is 0 Å². The van der Waals surface area contributed by atoms with Crippen LogP contribution in [0, 0.1) is 10.1 Å². The second-order valence-corrected chi connectivity index (χ2v) is 7.55. The Morgan fingerprint density at radius 3 is 2.60 bits per heavy atom. The molecule has 0 aromatic heterocycles. The molecule has 0 aliphatic rings. The fourth-order valence-corrected chi connectivity index (χ4v) is 3.56. The highest BCUT2D eigenvalue weighted by atomic mass is 79.9. The maximum atomic E-state index is 11.3. The number of ether oxygens (including phenoxy) is 1. The van der Waals surface area contributed by atoms with E-state index in [1.54, 1.807) is 12.1 Å². The van der Waals surface area contributed by atoms with E-state index < -0.39 is 0 Å². The predicted molar refractivity (Wildman–Crippen MR) is 101 cm³/mol. The summed E-state index contributed by atoms with van der Waals surface area (Å²) >= 11 is 4.63. The van der Waals surface area contributed by atoms with E-state index in [2.05, 4.69) is 15.9 Å². The van der Waals surface area contributed by atoms with Gasteiger partial charge in [0, 0.05) is 22.0 Å². The van der Waals surface area contributed by atoms with Crippen molar-refractivity contribution < 1.29 is 14.8 Å². The van der Waals surface area contributed by atoms with Crippen molar-refractivity contribution in [3.8, 4) is 5.75 Å². The van der Waals surface area contributed by atoms with Crippen molar-refractivity contribution >= 4 is 33.4 Å². The van der Waals surface area contributed by atoms with E-state index in [0.29, 0.717) is 21.7 Å². The summed E-state index contributed by atoms with van der Waals surface area (Å²) in [6, 6.07) is 10.6. The van der Waals surface area contributed by atoms with Gasteiger partial charge in [-0.3, -0.25) is 10.1 Å². The molecular weight excluding hydrogens is 408 g/mol. The number of nitro benzene ring substituents is 1. The summed E-state index contributed by atoms with van der Waals surface area (Å²) in [4.78, 5) is 14.5. The Hall–Kier alpha value is -1.61. The molecule has 0 aliphatic carbocycles. The van der Waals surface area contributed by atoms with Crippen molar-refractivity contribution in [2.45, 2.75) is 16.3 Å². The highest BCUT2D eigenvalue weighted by molar-refractivity contribution is 9.10. The Labute approximate surface area is 159 Å². The van der Waals surface area contributed by atoms with Gasteiger partial charge in [0.2, 0.25) is 0 Å². The number of nitrogens with zero attached hydrogens (tertiary/aromatic N) is 2. The lowest BCUT2D eigenvalue weighted by atomic mass is 10.2. The molecular formula is C17H19BrN2O4S. The molecule has 0 atom stereocenters.